The van der Waals surface area contributed by atoms with Gasteiger partial charge in [-0.05, 0) is 44.1 Å². The first-order valence-electron chi connectivity index (χ1n) is 6.02. The Morgan fingerprint density at radius 2 is 1.39 bits per heavy atom. The van der Waals surface area contributed by atoms with E-state index in [2.05, 4.69) is 52.5 Å². The molecule has 0 rings (SSSR count). The molecule has 0 unspecified atom stereocenters. The van der Waals surface area contributed by atoms with Crippen molar-refractivity contribution in [3.63, 3.8) is 0 Å². The van der Waals surface area contributed by atoms with Crippen molar-refractivity contribution in [3.05, 3.63) is 36.8 Å². The molecule has 0 saturated carbocycles. The minimum absolute atomic E-state index is 0.779. The lowest BCUT2D eigenvalue weighted by atomic mass is 11.2. The van der Waals surface area contributed by atoms with E-state index >= 15 is 0 Å². The number of hydrogen-bond acceptors (Lipinski definition) is 3. The second-order valence-electron chi connectivity index (χ2n) is 5.45. The molecule has 0 heterocycles. The summed E-state index contributed by atoms with van der Waals surface area (Å²) in [5, 5.41) is 0. The van der Waals surface area contributed by atoms with Crippen LogP contribution in [0.25, 0.3) is 0 Å². The molecule has 0 saturated heterocycles. The fraction of sp³-hybridized carbons (Fsp3) is 0.455. The van der Waals surface area contributed by atoms with E-state index in [4.69, 9.17) is 12.3 Å². The highest BCUT2D eigenvalue weighted by Crippen LogP contribution is 2.22. The van der Waals surface area contributed by atoms with E-state index < -0.39 is 35.2 Å². The van der Waals surface area contributed by atoms with Crippen molar-refractivity contribution in [2.75, 3.05) is 0 Å². The minimum atomic E-state index is -2.52. The van der Waals surface area contributed by atoms with E-state index in [9.17, 15) is 0 Å². The lowest BCUT2D eigenvalue weighted by Crippen LogP contribution is -2.54. The lowest BCUT2D eigenvalue weighted by Gasteiger charge is -2.37. The van der Waals surface area contributed by atoms with E-state index in [-0.39, 0.29) is 0 Å². The summed E-state index contributed by atoms with van der Waals surface area (Å²) in [6, 6.07) is 0. The summed E-state index contributed by atoms with van der Waals surface area (Å²) >= 11 is 0. The zero-order valence-electron chi connectivity index (χ0n) is 12.3. The maximum Gasteiger partial charge on any atom is 0.371 e. The third-order valence-electron chi connectivity index (χ3n) is 1.95. The summed E-state index contributed by atoms with van der Waals surface area (Å²) in [6.07, 6.45) is 0. The average molecular weight is 319 g/mol. The van der Waals surface area contributed by atoms with Crippen LogP contribution in [-0.4, -0.2) is 35.2 Å². The average Bonchev–Trinajstić information content (AvgIpc) is 2.20. The van der Waals surface area contributed by atoms with Gasteiger partial charge >= 0.3 is 17.1 Å². The molecule has 104 valence electrons. The maximum atomic E-state index is 6.22. The molecule has 3 nitrogen and oxygen atoms in total. The molecule has 0 bridgehead atoms. The first-order chi connectivity index (χ1) is 8.10. The van der Waals surface area contributed by atoms with E-state index in [1.807, 2.05) is 5.70 Å². The Morgan fingerprint density at radius 3 is 1.72 bits per heavy atom. The predicted octanol–water partition coefficient (Wildman–Crippen LogP) is 2.69. The van der Waals surface area contributed by atoms with Crippen molar-refractivity contribution in [2.24, 2.45) is 0 Å². The molecule has 0 spiro atoms. The quantitative estimate of drug-likeness (QED) is 0.612. The van der Waals surface area contributed by atoms with Gasteiger partial charge in [0, 0.05) is 0 Å². The van der Waals surface area contributed by atoms with Gasteiger partial charge in [-0.2, -0.15) is 0 Å². The summed E-state index contributed by atoms with van der Waals surface area (Å²) in [7, 11) is -7.15. The van der Waals surface area contributed by atoms with Crippen molar-refractivity contribution in [1.29, 1.82) is 0 Å². The van der Waals surface area contributed by atoms with Gasteiger partial charge in [-0.15, -0.1) is 19.7 Å². The lowest BCUT2D eigenvalue weighted by molar-refractivity contribution is 0.349. The van der Waals surface area contributed by atoms with E-state index in [0.29, 0.717) is 0 Å². The van der Waals surface area contributed by atoms with Crippen LogP contribution in [0.15, 0.2) is 36.8 Å². The SMILES string of the molecule is C=C[SiH2]O[Si](C=C)(C=C)O[Si](C)(C)O[Si](C)(C)C. The number of hydrogen-bond donors (Lipinski definition) is 0. The van der Waals surface area contributed by atoms with E-state index in [1.165, 1.54) is 0 Å². The van der Waals surface area contributed by atoms with Gasteiger partial charge in [-0.3, -0.25) is 0 Å². The normalized spacial score (nSPS) is 13.8. The molecule has 0 N–H and O–H groups in total. The molecule has 7 heteroatoms. The molecule has 0 aromatic rings. The molecule has 0 amide bonds. The Morgan fingerprint density at radius 1 is 0.889 bits per heavy atom. The Bertz CT molecular complexity index is 302. The van der Waals surface area contributed by atoms with Crippen molar-refractivity contribution < 1.29 is 12.3 Å². The summed E-state index contributed by atoms with van der Waals surface area (Å²) in [4.78, 5) is 0. The van der Waals surface area contributed by atoms with Gasteiger partial charge in [0.1, 0.15) is 0 Å². The second kappa shape index (κ2) is 6.94. The van der Waals surface area contributed by atoms with Crippen LogP contribution < -0.4 is 0 Å². The van der Waals surface area contributed by atoms with Crippen molar-refractivity contribution in [1.82, 2.24) is 0 Å². The molecule has 0 aliphatic rings. The Kier molecular flexibility index (Phi) is 6.93. The Labute approximate surface area is 117 Å². The van der Waals surface area contributed by atoms with Crippen molar-refractivity contribution >= 4 is 35.2 Å². The molecule has 0 aliphatic carbocycles. The molecule has 0 aromatic heterocycles. The van der Waals surface area contributed by atoms with Crippen LogP contribution in [0, 0.1) is 0 Å². The van der Waals surface area contributed by atoms with Crippen LogP contribution in [0.2, 0.25) is 32.7 Å². The molecule has 0 aliphatic heterocycles. The van der Waals surface area contributed by atoms with E-state index in [0.717, 1.165) is 0 Å². The van der Waals surface area contributed by atoms with Crippen LogP contribution in [0.4, 0.5) is 0 Å². The fourth-order valence-electron chi connectivity index (χ4n) is 1.65. The third kappa shape index (κ3) is 6.78. The van der Waals surface area contributed by atoms with Gasteiger partial charge in [0.2, 0.25) is 0 Å². The first-order valence-corrected chi connectivity index (χ1v) is 15.6. The minimum Gasteiger partial charge on any atom is -0.437 e. The molecular formula is C11H26O3Si4. The molecular weight excluding hydrogens is 292 g/mol. The largest absolute Gasteiger partial charge is 0.437 e. The standard InChI is InChI=1S/C11H26O3Si4/c1-9-15-12-18(10-2,11-3)14-17(7,8)13-16(4,5)6/h9-11H,1-3,15H2,4-8H3. The highest BCUT2D eigenvalue weighted by Gasteiger charge is 2.41. The van der Waals surface area contributed by atoms with Crippen molar-refractivity contribution in [2.45, 2.75) is 32.7 Å². The number of rotatable bonds is 9. The van der Waals surface area contributed by atoms with Gasteiger partial charge in [-0.1, -0.05) is 5.70 Å². The van der Waals surface area contributed by atoms with Crippen LogP contribution >= 0.6 is 0 Å². The zero-order chi connectivity index (χ0) is 14.4. The zero-order valence-corrected chi connectivity index (χ0v) is 16.7. The van der Waals surface area contributed by atoms with Crippen LogP contribution in [0.5, 0.6) is 0 Å². The predicted molar refractivity (Wildman–Crippen MR) is 89.0 cm³/mol. The fourth-order valence-corrected chi connectivity index (χ4v) is 15.2. The summed E-state index contributed by atoms with van der Waals surface area (Å²) in [5.74, 6) is 0. The highest BCUT2D eigenvalue weighted by molar-refractivity contribution is 6.91. The monoisotopic (exact) mass is 318 g/mol. The van der Waals surface area contributed by atoms with Crippen molar-refractivity contribution in [3.8, 4) is 0 Å². The Balaban J connectivity index is 4.90. The molecule has 0 fully saturated rings. The summed E-state index contributed by atoms with van der Waals surface area (Å²) in [5.41, 5.74) is 5.39. The highest BCUT2D eigenvalue weighted by atomic mass is 28.5. The molecule has 18 heavy (non-hydrogen) atoms. The van der Waals surface area contributed by atoms with E-state index in [1.54, 1.807) is 11.4 Å². The smallest absolute Gasteiger partial charge is 0.371 e. The third-order valence-corrected chi connectivity index (χ3v) is 13.5. The van der Waals surface area contributed by atoms with Gasteiger partial charge in [-0.25, -0.2) is 0 Å². The van der Waals surface area contributed by atoms with Gasteiger partial charge < -0.3 is 12.3 Å². The summed E-state index contributed by atoms with van der Waals surface area (Å²) < 4.78 is 18.3. The maximum absolute atomic E-state index is 6.22. The van der Waals surface area contributed by atoms with Gasteiger partial charge in [0.15, 0.2) is 18.1 Å². The van der Waals surface area contributed by atoms with Crippen LogP contribution in [0.1, 0.15) is 0 Å². The van der Waals surface area contributed by atoms with Crippen LogP contribution in [0.3, 0.4) is 0 Å². The topological polar surface area (TPSA) is 27.7 Å². The van der Waals surface area contributed by atoms with Crippen LogP contribution in [-0.2, 0) is 12.3 Å². The molecule has 0 atom stereocenters. The Hall–Kier alpha value is -0.0325. The first kappa shape index (κ1) is 18.0. The molecule has 0 aromatic carbocycles. The molecule has 0 radical (unpaired) electrons. The van der Waals surface area contributed by atoms with Gasteiger partial charge in [0.05, 0.1) is 0 Å². The summed E-state index contributed by atoms with van der Waals surface area (Å²) in [6.45, 7) is 22.0. The second-order valence-corrected chi connectivity index (χ2v) is 18.4. The van der Waals surface area contributed by atoms with Gasteiger partial charge in [0.25, 0.3) is 0 Å².